The van der Waals surface area contributed by atoms with Crippen LogP contribution in [0.2, 0.25) is 0 Å². The molecule has 2 nitrogen and oxygen atoms in total. The van der Waals surface area contributed by atoms with Crippen LogP contribution >= 0.6 is 0 Å². The van der Waals surface area contributed by atoms with Crippen LogP contribution in [0.5, 0.6) is 0 Å². The van der Waals surface area contributed by atoms with Crippen molar-refractivity contribution in [3.8, 4) is 0 Å². The molecule has 0 saturated carbocycles. The molecule has 1 atom stereocenters. The first-order valence-corrected chi connectivity index (χ1v) is 3.13. The first kappa shape index (κ1) is 6.79. The van der Waals surface area contributed by atoms with Gasteiger partial charge >= 0.3 is 52.7 Å². The Morgan fingerprint density at radius 1 is 1.67 bits per heavy atom. The fourth-order valence-corrected chi connectivity index (χ4v) is 0.394. The number of ether oxygens (including phenoxy) is 1. The van der Waals surface area contributed by atoms with Gasteiger partial charge in [0.2, 0.25) is 0 Å². The second-order valence-corrected chi connectivity index (χ2v) is 1.77. The van der Waals surface area contributed by atoms with Gasteiger partial charge in [-0.2, -0.15) is 0 Å². The van der Waals surface area contributed by atoms with E-state index in [-0.39, 0.29) is 6.29 Å². The van der Waals surface area contributed by atoms with Gasteiger partial charge in [-0.05, 0) is 0 Å². The van der Waals surface area contributed by atoms with E-state index in [0.717, 1.165) is 24.8 Å². The summed E-state index contributed by atoms with van der Waals surface area (Å²) in [6.07, 6.45) is -0.00309. The Labute approximate surface area is 53.0 Å². The van der Waals surface area contributed by atoms with Crippen molar-refractivity contribution in [2.24, 2.45) is 0 Å². The minimum absolute atomic E-state index is 0.00309. The molecule has 0 N–H and O–H groups in total. The van der Waals surface area contributed by atoms with Crippen molar-refractivity contribution >= 4 is 0 Å². The maximum atomic E-state index is 4.82. The normalized spacial score (nSPS) is 14.2. The van der Waals surface area contributed by atoms with Gasteiger partial charge in [0.25, 0.3) is 0 Å². The van der Waals surface area contributed by atoms with Crippen molar-refractivity contribution in [2.45, 2.75) is 13.2 Å². The third kappa shape index (κ3) is 3.00. The van der Waals surface area contributed by atoms with Crippen LogP contribution < -0.4 is 0 Å². The van der Waals surface area contributed by atoms with Gasteiger partial charge in [-0.25, -0.2) is 0 Å². The number of rotatable bonds is 2. The van der Waals surface area contributed by atoms with Gasteiger partial charge in [-0.3, -0.25) is 0 Å². The Bertz CT molecular complexity index is 28.0. The zero-order valence-corrected chi connectivity index (χ0v) is 7.49. The fourth-order valence-electron chi connectivity index (χ4n) is 0.0481. The van der Waals surface area contributed by atoms with Crippen molar-refractivity contribution in [2.75, 3.05) is 7.11 Å². The van der Waals surface area contributed by atoms with Crippen LogP contribution in [0.15, 0.2) is 0 Å². The fraction of sp³-hybridized carbons (Fsp3) is 1.00. The number of hydrogen-bond donors (Lipinski definition) is 0. The van der Waals surface area contributed by atoms with Crippen LogP contribution in [0.1, 0.15) is 6.92 Å². The third-order valence-corrected chi connectivity index (χ3v) is 1.69. The first-order valence-electron chi connectivity index (χ1n) is 1.66. The van der Waals surface area contributed by atoms with Gasteiger partial charge < -0.3 is 0 Å². The van der Waals surface area contributed by atoms with Crippen molar-refractivity contribution in [3.63, 3.8) is 0 Å². The molecular weight excluding hydrogens is 247 g/mol. The molecule has 1 unspecified atom stereocenters. The summed E-state index contributed by atoms with van der Waals surface area (Å²) in [6, 6.07) is 0. The second-order valence-electron chi connectivity index (χ2n) is 0.921. The monoisotopic (exact) mass is 255 g/mol. The Morgan fingerprint density at radius 3 is 2.17 bits per heavy atom. The Morgan fingerprint density at radius 2 is 2.17 bits per heavy atom. The molecule has 0 saturated heterocycles. The van der Waals surface area contributed by atoms with Gasteiger partial charge in [0.1, 0.15) is 0 Å². The van der Waals surface area contributed by atoms with Gasteiger partial charge in [0.05, 0.1) is 0 Å². The van der Waals surface area contributed by atoms with E-state index in [2.05, 4.69) is 0 Å². The third-order valence-electron chi connectivity index (χ3n) is 0.498. The van der Waals surface area contributed by atoms with Crippen LogP contribution in [-0.2, 0) is 32.4 Å². The van der Waals surface area contributed by atoms with Crippen LogP contribution in [0.3, 0.4) is 0 Å². The Hall–Kier alpha value is 0.790. The molecule has 0 rings (SSSR count). The summed E-state index contributed by atoms with van der Waals surface area (Å²) in [5, 5.41) is 0. The topological polar surface area (TPSA) is 18.5 Å². The van der Waals surface area contributed by atoms with E-state index in [1.54, 1.807) is 7.11 Å². The second kappa shape index (κ2) is 3.96. The van der Waals surface area contributed by atoms with Crippen molar-refractivity contribution in [1.82, 2.24) is 0 Å². The molecule has 0 heterocycles. The molecule has 35 valence electrons. The average molecular weight is 254 g/mol. The molecule has 0 amide bonds. The zero-order chi connectivity index (χ0) is 4.99. The standard InChI is InChI=1S/C3H7O2.Hf/c1-3(4)5-2;/h3H,1-2H3;/q-1;+1. The SMILES string of the molecule is COC(C)[O][Hf]. The minimum atomic E-state index is -0.00309. The van der Waals surface area contributed by atoms with E-state index in [1.807, 2.05) is 6.92 Å². The number of methoxy groups -OCH3 is 1. The molecule has 0 spiro atoms. The van der Waals surface area contributed by atoms with E-state index in [1.165, 1.54) is 0 Å². The summed E-state index contributed by atoms with van der Waals surface area (Å²) >= 11 is 0.757. The van der Waals surface area contributed by atoms with Crippen LogP contribution in [0, 0.1) is 0 Å². The average Bonchev–Trinajstić information content (AvgIpc) is 1.65. The van der Waals surface area contributed by atoms with Crippen LogP contribution in [0.4, 0.5) is 0 Å². The first-order chi connectivity index (χ1) is 2.81. The molecule has 0 aromatic carbocycles. The molecule has 0 bridgehead atoms. The van der Waals surface area contributed by atoms with Crippen LogP contribution in [0.25, 0.3) is 0 Å². The van der Waals surface area contributed by atoms with Crippen LogP contribution in [-0.4, -0.2) is 13.4 Å². The maximum absolute atomic E-state index is 4.82. The van der Waals surface area contributed by atoms with E-state index < -0.39 is 0 Å². The van der Waals surface area contributed by atoms with Crippen molar-refractivity contribution in [3.05, 3.63) is 0 Å². The van der Waals surface area contributed by atoms with Gasteiger partial charge in [0, 0.05) is 0 Å². The quantitative estimate of drug-likeness (QED) is 0.526. The molecule has 0 aliphatic heterocycles. The molecular formula is C3H7HfO2. The summed E-state index contributed by atoms with van der Waals surface area (Å²) < 4.78 is 9.53. The molecule has 0 aromatic rings. The molecule has 0 aliphatic rings. The van der Waals surface area contributed by atoms with E-state index in [4.69, 9.17) is 7.59 Å². The molecule has 0 aromatic heterocycles. The van der Waals surface area contributed by atoms with E-state index in [0.29, 0.717) is 0 Å². The van der Waals surface area contributed by atoms with Gasteiger partial charge in [-0.1, -0.05) is 0 Å². The summed E-state index contributed by atoms with van der Waals surface area (Å²) in [4.78, 5) is 0. The summed E-state index contributed by atoms with van der Waals surface area (Å²) in [5.41, 5.74) is 0. The molecule has 0 aliphatic carbocycles. The predicted molar refractivity (Wildman–Crippen MR) is 17.6 cm³/mol. The zero-order valence-electron chi connectivity index (χ0n) is 3.89. The number of hydrogen-bond acceptors (Lipinski definition) is 2. The Kier molecular flexibility index (Phi) is 4.48. The molecule has 6 heavy (non-hydrogen) atoms. The molecule has 3 heteroatoms. The Balaban J connectivity index is 2.75. The summed E-state index contributed by atoms with van der Waals surface area (Å²) in [7, 11) is 1.63. The summed E-state index contributed by atoms with van der Waals surface area (Å²) in [6.45, 7) is 1.87. The molecule has 0 radical (unpaired) electrons. The van der Waals surface area contributed by atoms with E-state index in [9.17, 15) is 0 Å². The van der Waals surface area contributed by atoms with Gasteiger partial charge in [-0.15, -0.1) is 0 Å². The summed E-state index contributed by atoms with van der Waals surface area (Å²) in [5.74, 6) is 0. The van der Waals surface area contributed by atoms with E-state index >= 15 is 0 Å². The molecule has 0 fully saturated rings. The van der Waals surface area contributed by atoms with Gasteiger partial charge in [0.15, 0.2) is 0 Å². The van der Waals surface area contributed by atoms with Crippen molar-refractivity contribution in [1.29, 1.82) is 0 Å². The predicted octanol–water partition coefficient (Wildman–Crippen LogP) is 0.457. The van der Waals surface area contributed by atoms with Crippen molar-refractivity contribution < 1.29 is 32.4 Å².